The zero-order valence-corrected chi connectivity index (χ0v) is 16.2. The Labute approximate surface area is 155 Å². The van der Waals surface area contributed by atoms with Crippen LogP contribution < -0.4 is 0 Å². The molecule has 1 aromatic rings. The number of carbonyl (C=O) groups excluding carboxylic acids is 1. The topological polar surface area (TPSA) is 53.0 Å². The summed E-state index contributed by atoms with van der Waals surface area (Å²) in [6, 6.07) is 5.81. The van der Waals surface area contributed by atoms with Crippen molar-refractivity contribution in [1.29, 1.82) is 0 Å². The Kier molecular flexibility index (Phi) is 7.15. The second-order valence-corrected chi connectivity index (χ2v) is 8.02. The van der Waals surface area contributed by atoms with Crippen LogP contribution in [0.1, 0.15) is 38.1 Å². The third-order valence-corrected chi connectivity index (χ3v) is 4.75. The van der Waals surface area contributed by atoms with Gasteiger partial charge in [0, 0.05) is 37.3 Å². The van der Waals surface area contributed by atoms with Crippen LogP contribution in [0.2, 0.25) is 0 Å². The van der Waals surface area contributed by atoms with Gasteiger partial charge in [-0.1, -0.05) is 19.9 Å². The maximum atomic E-state index is 13.5. The van der Waals surface area contributed by atoms with E-state index < -0.39 is 5.82 Å². The number of rotatable bonds is 7. The van der Waals surface area contributed by atoms with E-state index in [1.165, 1.54) is 12.1 Å². The Morgan fingerprint density at radius 1 is 1.46 bits per heavy atom. The molecule has 1 fully saturated rings. The summed E-state index contributed by atoms with van der Waals surface area (Å²) < 4.78 is 19.4. The summed E-state index contributed by atoms with van der Waals surface area (Å²) in [5, 5.41) is 9.61. The smallest absolute Gasteiger partial charge is 0.254 e. The lowest BCUT2D eigenvalue weighted by molar-refractivity contribution is -0.0801. The molecule has 0 spiro atoms. The van der Waals surface area contributed by atoms with E-state index in [0.29, 0.717) is 37.7 Å². The Balaban J connectivity index is 2.11. The first-order chi connectivity index (χ1) is 12.2. The minimum Gasteiger partial charge on any atom is -0.394 e. The molecule has 6 heteroatoms. The van der Waals surface area contributed by atoms with Crippen LogP contribution in [0.25, 0.3) is 0 Å². The molecule has 1 aliphatic heterocycles. The number of aliphatic hydroxyl groups excluding tert-OH is 1. The first-order valence-corrected chi connectivity index (χ1v) is 9.25. The summed E-state index contributed by atoms with van der Waals surface area (Å²) in [7, 11) is 0. The van der Waals surface area contributed by atoms with Crippen molar-refractivity contribution in [3.63, 3.8) is 0 Å². The molecule has 0 saturated carbocycles. The van der Waals surface area contributed by atoms with E-state index in [1.54, 1.807) is 17.0 Å². The number of hydrogen-bond acceptors (Lipinski definition) is 4. The molecule has 1 N–H and O–H groups in total. The average molecular weight is 366 g/mol. The van der Waals surface area contributed by atoms with Gasteiger partial charge < -0.3 is 14.7 Å². The highest BCUT2D eigenvalue weighted by Gasteiger charge is 2.33. The maximum Gasteiger partial charge on any atom is 0.254 e. The number of hydrogen-bond donors (Lipinski definition) is 1. The standard InChI is InChI=1S/C20H31FN2O3/c1-15(2)11-22(19(25)16-6-5-7-17(21)10-16)12-18-13-23(8-9-26-18)20(3,4)14-24/h5-7,10,15,18,24H,8-9,11-14H2,1-4H3. The molecular formula is C20H31FN2O3. The number of morpholine rings is 1. The van der Waals surface area contributed by atoms with Gasteiger partial charge in [-0.25, -0.2) is 4.39 Å². The molecule has 1 saturated heterocycles. The number of nitrogens with zero attached hydrogens (tertiary/aromatic N) is 2. The van der Waals surface area contributed by atoms with Crippen LogP contribution >= 0.6 is 0 Å². The van der Waals surface area contributed by atoms with Gasteiger partial charge in [0.05, 0.1) is 19.3 Å². The van der Waals surface area contributed by atoms with E-state index in [0.717, 1.165) is 6.54 Å². The second kappa shape index (κ2) is 8.93. The van der Waals surface area contributed by atoms with Gasteiger partial charge in [-0.3, -0.25) is 9.69 Å². The summed E-state index contributed by atoms with van der Waals surface area (Å²) in [5.74, 6) is -0.299. The predicted octanol–water partition coefficient (Wildman–Crippen LogP) is 2.40. The van der Waals surface area contributed by atoms with Crippen LogP contribution in [0.15, 0.2) is 24.3 Å². The van der Waals surface area contributed by atoms with E-state index in [4.69, 9.17) is 4.74 Å². The molecule has 1 amide bonds. The van der Waals surface area contributed by atoms with Gasteiger partial charge in [0.2, 0.25) is 0 Å². The van der Waals surface area contributed by atoms with E-state index in [2.05, 4.69) is 18.7 Å². The van der Waals surface area contributed by atoms with E-state index in [1.807, 2.05) is 13.8 Å². The molecule has 1 aliphatic rings. The molecule has 0 radical (unpaired) electrons. The SMILES string of the molecule is CC(C)CN(CC1CN(C(C)(C)CO)CCO1)C(=O)c1cccc(F)c1. The van der Waals surface area contributed by atoms with Crippen molar-refractivity contribution in [3.05, 3.63) is 35.6 Å². The summed E-state index contributed by atoms with van der Waals surface area (Å²) in [6.45, 7) is 11.2. The molecule has 1 heterocycles. The summed E-state index contributed by atoms with van der Waals surface area (Å²) >= 11 is 0. The van der Waals surface area contributed by atoms with Crippen LogP contribution in [-0.2, 0) is 4.74 Å². The second-order valence-electron chi connectivity index (χ2n) is 8.02. The number of aliphatic hydroxyl groups is 1. The van der Waals surface area contributed by atoms with Crippen molar-refractivity contribution in [3.8, 4) is 0 Å². The lowest BCUT2D eigenvalue weighted by atomic mass is 10.0. The highest BCUT2D eigenvalue weighted by Crippen LogP contribution is 2.19. The molecule has 0 aromatic heterocycles. The first kappa shape index (κ1) is 20.8. The molecule has 0 bridgehead atoms. The minimum atomic E-state index is -0.412. The fourth-order valence-corrected chi connectivity index (χ4v) is 3.21. The summed E-state index contributed by atoms with van der Waals surface area (Å²) in [5.41, 5.74) is 0.0336. The van der Waals surface area contributed by atoms with Gasteiger partial charge in [0.25, 0.3) is 5.91 Å². The van der Waals surface area contributed by atoms with Crippen molar-refractivity contribution in [1.82, 2.24) is 9.80 Å². The third kappa shape index (κ3) is 5.50. The lowest BCUT2D eigenvalue weighted by Crippen LogP contribution is -2.57. The van der Waals surface area contributed by atoms with Gasteiger partial charge in [0.1, 0.15) is 5.82 Å². The van der Waals surface area contributed by atoms with E-state index in [9.17, 15) is 14.3 Å². The monoisotopic (exact) mass is 366 g/mol. The number of amides is 1. The van der Waals surface area contributed by atoms with Crippen molar-refractivity contribution < 1.29 is 19.0 Å². The summed E-state index contributed by atoms with van der Waals surface area (Å²) in [4.78, 5) is 16.8. The first-order valence-electron chi connectivity index (χ1n) is 9.25. The van der Waals surface area contributed by atoms with Crippen LogP contribution in [0.3, 0.4) is 0 Å². The van der Waals surface area contributed by atoms with E-state index >= 15 is 0 Å². The van der Waals surface area contributed by atoms with Crippen LogP contribution in [0.4, 0.5) is 4.39 Å². The molecule has 146 valence electrons. The zero-order chi connectivity index (χ0) is 19.3. The van der Waals surface area contributed by atoms with Crippen molar-refractivity contribution in [2.75, 3.05) is 39.4 Å². The Morgan fingerprint density at radius 2 is 2.19 bits per heavy atom. The predicted molar refractivity (Wildman–Crippen MR) is 99.6 cm³/mol. The molecule has 26 heavy (non-hydrogen) atoms. The summed E-state index contributed by atoms with van der Waals surface area (Å²) in [6.07, 6.45) is -0.133. The van der Waals surface area contributed by atoms with Gasteiger partial charge in [-0.05, 0) is 38.0 Å². The van der Waals surface area contributed by atoms with Gasteiger partial charge in [0.15, 0.2) is 0 Å². The van der Waals surface area contributed by atoms with Crippen LogP contribution in [0.5, 0.6) is 0 Å². The average Bonchev–Trinajstić information content (AvgIpc) is 2.60. The number of benzene rings is 1. The van der Waals surface area contributed by atoms with Crippen molar-refractivity contribution in [2.24, 2.45) is 5.92 Å². The van der Waals surface area contributed by atoms with Crippen LogP contribution in [0, 0.1) is 11.7 Å². The number of carbonyl (C=O) groups is 1. The van der Waals surface area contributed by atoms with Gasteiger partial charge >= 0.3 is 0 Å². The Bertz CT molecular complexity index is 606. The number of ether oxygens (including phenoxy) is 1. The van der Waals surface area contributed by atoms with Crippen molar-refractivity contribution >= 4 is 5.91 Å². The zero-order valence-electron chi connectivity index (χ0n) is 16.2. The molecule has 1 unspecified atom stereocenters. The van der Waals surface area contributed by atoms with Crippen molar-refractivity contribution in [2.45, 2.75) is 39.3 Å². The Morgan fingerprint density at radius 3 is 2.81 bits per heavy atom. The number of halogens is 1. The third-order valence-electron chi connectivity index (χ3n) is 4.75. The molecule has 1 aromatic carbocycles. The normalized spacial score (nSPS) is 19.0. The molecular weight excluding hydrogens is 335 g/mol. The molecule has 0 aliphatic carbocycles. The molecule has 5 nitrogen and oxygen atoms in total. The molecule has 1 atom stereocenters. The highest BCUT2D eigenvalue weighted by molar-refractivity contribution is 5.94. The van der Waals surface area contributed by atoms with E-state index in [-0.39, 0.29) is 24.2 Å². The van der Waals surface area contributed by atoms with Gasteiger partial charge in [-0.2, -0.15) is 0 Å². The quantitative estimate of drug-likeness (QED) is 0.805. The van der Waals surface area contributed by atoms with Gasteiger partial charge in [-0.15, -0.1) is 0 Å². The lowest BCUT2D eigenvalue weighted by Gasteiger charge is -2.43. The minimum absolute atomic E-state index is 0.0671. The molecule has 2 rings (SSSR count). The van der Waals surface area contributed by atoms with Crippen LogP contribution in [-0.4, -0.2) is 71.8 Å². The Hall–Kier alpha value is -1.50. The fraction of sp³-hybridized carbons (Fsp3) is 0.650. The highest BCUT2D eigenvalue weighted by atomic mass is 19.1. The fourth-order valence-electron chi connectivity index (χ4n) is 3.21. The maximum absolute atomic E-state index is 13.5. The largest absolute Gasteiger partial charge is 0.394 e.